The molecule has 2 aromatic carbocycles. The maximum Gasteiger partial charge on any atom is 0.335 e. The van der Waals surface area contributed by atoms with E-state index in [9.17, 15) is 13.2 Å². The van der Waals surface area contributed by atoms with Crippen molar-refractivity contribution in [3.63, 3.8) is 0 Å². The minimum absolute atomic E-state index is 0.00663. The fourth-order valence-electron chi connectivity index (χ4n) is 1.95. The summed E-state index contributed by atoms with van der Waals surface area (Å²) in [7, 11) is -4.07. The highest BCUT2D eigenvalue weighted by Gasteiger charge is 2.24. The van der Waals surface area contributed by atoms with Gasteiger partial charge in [-0.25, -0.2) is 17.8 Å². The Kier molecular flexibility index (Phi) is 3.66. The number of carbonyl (C=O) groups is 1. The number of carboxylic acid groups (broad SMARTS) is 1. The third-order valence-corrected chi connectivity index (χ3v) is 4.87. The lowest BCUT2D eigenvalue weighted by molar-refractivity contribution is 0.0697. The number of hydrogen-bond acceptors (Lipinski definition) is 6. The molecule has 3 aromatic rings. The summed E-state index contributed by atoms with van der Waals surface area (Å²) in [5.41, 5.74) is 0.469. The lowest BCUT2D eigenvalue weighted by Gasteiger charge is -2.09. The molecule has 0 amide bonds. The molecule has 8 nitrogen and oxygen atoms in total. The van der Waals surface area contributed by atoms with E-state index in [0.717, 1.165) is 0 Å². The number of nitrogens with one attached hydrogen (secondary N) is 1. The van der Waals surface area contributed by atoms with Crippen molar-refractivity contribution >= 4 is 44.3 Å². The Bertz CT molecular complexity index is 998. The summed E-state index contributed by atoms with van der Waals surface area (Å²) in [6, 6.07) is 8.07. The number of carboxylic acids is 1. The molecule has 1 aromatic heterocycles. The normalized spacial score (nSPS) is 11.5. The number of benzene rings is 2. The van der Waals surface area contributed by atoms with E-state index in [4.69, 9.17) is 16.7 Å². The lowest BCUT2D eigenvalue weighted by Crippen LogP contribution is -2.14. The number of aromatic nitrogens is 2. The van der Waals surface area contributed by atoms with E-state index in [-0.39, 0.29) is 32.2 Å². The molecule has 0 spiro atoms. The first-order chi connectivity index (χ1) is 10.9. The Balaban J connectivity index is 2.02. The van der Waals surface area contributed by atoms with E-state index in [2.05, 4.69) is 19.7 Å². The van der Waals surface area contributed by atoms with Gasteiger partial charge < -0.3 is 5.11 Å². The SMILES string of the molecule is O=C(O)c1ccc(NS(=O)(=O)c2c(Cl)ccc3nonc23)cc1. The van der Waals surface area contributed by atoms with E-state index >= 15 is 0 Å². The van der Waals surface area contributed by atoms with Crippen LogP contribution in [0, 0.1) is 0 Å². The zero-order valence-electron chi connectivity index (χ0n) is 11.2. The number of anilines is 1. The first kappa shape index (κ1) is 15.3. The molecule has 2 N–H and O–H groups in total. The summed E-state index contributed by atoms with van der Waals surface area (Å²) in [5.74, 6) is -1.11. The van der Waals surface area contributed by atoms with Crippen LogP contribution < -0.4 is 4.72 Å². The molecule has 0 atom stereocenters. The molecular weight excluding hydrogens is 346 g/mol. The van der Waals surface area contributed by atoms with Crippen molar-refractivity contribution in [2.24, 2.45) is 0 Å². The average Bonchev–Trinajstić information content (AvgIpc) is 2.94. The fraction of sp³-hybridized carbons (Fsp3) is 0. The van der Waals surface area contributed by atoms with E-state index in [0.29, 0.717) is 0 Å². The second kappa shape index (κ2) is 5.52. The molecular formula is C13H8ClN3O5S. The fourth-order valence-corrected chi connectivity index (χ4v) is 3.67. The maximum atomic E-state index is 12.5. The second-order valence-corrected chi connectivity index (χ2v) is 6.52. The molecule has 118 valence electrons. The number of aromatic carboxylic acids is 1. The highest BCUT2D eigenvalue weighted by Crippen LogP contribution is 2.29. The molecule has 0 unspecified atom stereocenters. The largest absolute Gasteiger partial charge is 0.478 e. The smallest absolute Gasteiger partial charge is 0.335 e. The first-order valence-electron chi connectivity index (χ1n) is 6.15. The van der Waals surface area contributed by atoms with Gasteiger partial charge in [-0.1, -0.05) is 11.6 Å². The highest BCUT2D eigenvalue weighted by atomic mass is 35.5. The summed E-state index contributed by atoms with van der Waals surface area (Å²) in [4.78, 5) is 10.5. The van der Waals surface area contributed by atoms with Crippen LogP contribution in [-0.2, 0) is 10.0 Å². The molecule has 0 radical (unpaired) electrons. The minimum Gasteiger partial charge on any atom is -0.478 e. The number of hydrogen-bond donors (Lipinski definition) is 2. The quantitative estimate of drug-likeness (QED) is 0.738. The van der Waals surface area contributed by atoms with E-state index in [1.165, 1.54) is 36.4 Å². The molecule has 23 heavy (non-hydrogen) atoms. The van der Waals surface area contributed by atoms with Gasteiger partial charge in [0.25, 0.3) is 10.0 Å². The van der Waals surface area contributed by atoms with E-state index in [1.807, 2.05) is 0 Å². The summed E-state index contributed by atoms with van der Waals surface area (Å²) in [6.07, 6.45) is 0. The van der Waals surface area contributed by atoms with E-state index < -0.39 is 16.0 Å². The Morgan fingerprint density at radius 3 is 2.48 bits per heavy atom. The van der Waals surface area contributed by atoms with Gasteiger partial charge in [0.2, 0.25) is 0 Å². The summed E-state index contributed by atoms with van der Waals surface area (Å²) in [6.45, 7) is 0. The van der Waals surface area contributed by atoms with Crippen molar-refractivity contribution in [3.8, 4) is 0 Å². The van der Waals surface area contributed by atoms with Gasteiger partial charge in [0.15, 0.2) is 5.52 Å². The molecule has 3 rings (SSSR count). The van der Waals surface area contributed by atoms with Gasteiger partial charge >= 0.3 is 5.97 Å². The summed E-state index contributed by atoms with van der Waals surface area (Å²) in [5, 5.41) is 15.9. The molecule has 0 fully saturated rings. The molecule has 1 heterocycles. The highest BCUT2D eigenvalue weighted by molar-refractivity contribution is 7.93. The maximum absolute atomic E-state index is 12.5. The van der Waals surface area contributed by atoms with Gasteiger partial charge in [-0.15, -0.1) is 0 Å². The van der Waals surface area contributed by atoms with Crippen molar-refractivity contribution in [3.05, 3.63) is 47.0 Å². The Morgan fingerprint density at radius 1 is 1.13 bits per heavy atom. The summed E-state index contributed by atoms with van der Waals surface area (Å²) < 4.78 is 31.9. The predicted molar refractivity (Wildman–Crippen MR) is 81.0 cm³/mol. The Morgan fingerprint density at radius 2 is 1.83 bits per heavy atom. The lowest BCUT2D eigenvalue weighted by atomic mass is 10.2. The number of halogens is 1. The predicted octanol–water partition coefficient (Wildman–Crippen LogP) is 2.38. The van der Waals surface area contributed by atoms with Crippen molar-refractivity contribution in [2.75, 3.05) is 4.72 Å². The summed E-state index contributed by atoms with van der Waals surface area (Å²) >= 11 is 5.97. The third-order valence-electron chi connectivity index (χ3n) is 2.99. The van der Waals surface area contributed by atoms with Crippen molar-refractivity contribution in [1.29, 1.82) is 0 Å². The number of sulfonamides is 1. The third kappa shape index (κ3) is 2.83. The second-order valence-electron chi connectivity index (χ2n) is 4.50. The van der Waals surface area contributed by atoms with E-state index in [1.54, 1.807) is 0 Å². The van der Waals surface area contributed by atoms with Crippen LogP contribution in [0.4, 0.5) is 5.69 Å². The van der Waals surface area contributed by atoms with Crippen LogP contribution in [0.5, 0.6) is 0 Å². The molecule has 0 aliphatic heterocycles. The standard InChI is InChI=1S/C13H8ClN3O5S/c14-9-5-6-10-11(16-22-15-10)12(9)23(20,21)17-8-3-1-7(2-4-8)13(18)19/h1-6,17H,(H,18,19). The molecule has 0 aliphatic rings. The van der Waals surface area contributed by atoms with Gasteiger partial charge in [0, 0.05) is 5.69 Å². The van der Waals surface area contributed by atoms with Gasteiger partial charge in [0.05, 0.1) is 10.6 Å². The molecule has 0 saturated carbocycles. The topological polar surface area (TPSA) is 122 Å². The zero-order chi connectivity index (χ0) is 16.6. The first-order valence-corrected chi connectivity index (χ1v) is 8.01. The Hall–Kier alpha value is -2.65. The molecule has 0 aliphatic carbocycles. The van der Waals surface area contributed by atoms with Crippen LogP contribution in [0.3, 0.4) is 0 Å². The van der Waals surface area contributed by atoms with Crippen molar-refractivity contribution in [1.82, 2.24) is 10.3 Å². The monoisotopic (exact) mass is 353 g/mol. The zero-order valence-corrected chi connectivity index (χ0v) is 12.8. The number of rotatable bonds is 4. The van der Waals surface area contributed by atoms with Crippen LogP contribution in [0.2, 0.25) is 5.02 Å². The van der Waals surface area contributed by atoms with Gasteiger partial charge in [-0.05, 0) is 46.7 Å². The molecule has 0 saturated heterocycles. The van der Waals surface area contributed by atoms with Crippen LogP contribution in [0.15, 0.2) is 45.9 Å². The van der Waals surface area contributed by atoms with Crippen molar-refractivity contribution < 1.29 is 22.9 Å². The van der Waals surface area contributed by atoms with Crippen LogP contribution in [-0.4, -0.2) is 29.8 Å². The van der Waals surface area contributed by atoms with Gasteiger partial charge in [-0.3, -0.25) is 4.72 Å². The number of fused-ring (bicyclic) bond motifs is 1. The molecule has 10 heteroatoms. The van der Waals surface area contributed by atoms with Crippen LogP contribution in [0.25, 0.3) is 11.0 Å². The van der Waals surface area contributed by atoms with Gasteiger partial charge in [0.1, 0.15) is 10.4 Å². The molecule has 0 bridgehead atoms. The number of nitrogens with zero attached hydrogens (tertiary/aromatic N) is 2. The minimum atomic E-state index is -4.07. The van der Waals surface area contributed by atoms with Crippen molar-refractivity contribution in [2.45, 2.75) is 4.90 Å². The van der Waals surface area contributed by atoms with Crippen LogP contribution >= 0.6 is 11.6 Å². The van der Waals surface area contributed by atoms with Crippen LogP contribution in [0.1, 0.15) is 10.4 Å². The Labute approximate surface area is 134 Å². The van der Waals surface area contributed by atoms with Gasteiger partial charge in [-0.2, -0.15) is 0 Å². The average molecular weight is 354 g/mol.